The highest BCUT2D eigenvalue weighted by Gasteiger charge is 2.04. The molecule has 2 aromatic carbocycles. The Balaban J connectivity index is 1.89. The number of nitrogens with zero attached hydrogens (tertiary/aromatic N) is 2. The summed E-state index contributed by atoms with van der Waals surface area (Å²) in [6.45, 7) is 3.82. The predicted octanol–water partition coefficient (Wildman–Crippen LogP) is 2.83. The van der Waals surface area contributed by atoms with E-state index in [4.69, 9.17) is 10.00 Å². The number of aliphatic imine (C=N–C) groups is 1. The van der Waals surface area contributed by atoms with E-state index < -0.39 is 0 Å². The van der Waals surface area contributed by atoms with Crippen molar-refractivity contribution in [2.24, 2.45) is 4.99 Å². The van der Waals surface area contributed by atoms with Crippen LogP contribution >= 0.6 is 0 Å². The van der Waals surface area contributed by atoms with Crippen LogP contribution < -0.4 is 15.4 Å². The summed E-state index contributed by atoms with van der Waals surface area (Å²) >= 11 is 0. The van der Waals surface area contributed by atoms with Crippen molar-refractivity contribution in [3.63, 3.8) is 0 Å². The highest BCUT2D eigenvalue weighted by atomic mass is 19.1. The average Bonchev–Trinajstić information content (AvgIpc) is 2.65. The number of nitrogens with one attached hydrogen (secondary N) is 2. The number of guanidine groups is 1. The fourth-order valence-corrected chi connectivity index (χ4v) is 2.13. The van der Waals surface area contributed by atoms with Crippen LogP contribution in [-0.4, -0.2) is 25.7 Å². The number of para-hydroxylation sites is 1. The highest BCUT2D eigenvalue weighted by Crippen LogP contribution is 2.11. The number of ether oxygens (including phenoxy) is 1. The fraction of sp³-hybridized carbons (Fsp3) is 0.263. The Hall–Kier alpha value is -3.07. The van der Waals surface area contributed by atoms with E-state index in [-0.39, 0.29) is 12.4 Å². The summed E-state index contributed by atoms with van der Waals surface area (Å²) in [5.41, 5.74) is 0.803. The van der Waals surface area contributed by atoms with Gasteiger partial charge in [-0.2, -0.15) is 5.26 Å². The Morgan fingerprint density at radius 1 is 1.20 bits per heavy atom. The lowest BCUT2D eigenvalue weighted by Crippen LogP contribution is -2.39. The van der Waals surface area contributed by atoms with Gasteiger partial charge in [-0.3, -0.25) is 0 Å². The largest absolute Gasteiger partial charge is 0.492 e. The molecule has 2 aromatic rings. The summed E-state index contributed by atoms with van der Waals surface area (Å²) in [7, 11) is 0. The van der Waals surface area contributed by atoms with Gasteiger partial charge in [0, 0.05) is 12.1 Å². The third-order valence-electron chi connectivity index (χ3n) is 3.33. The number of nitriles is 1. The Kier molecular flexibility index (Phi) is 7.26. The zero-order chi connectivity index (χ0) is 17.9. The minimum Gasteiger partial charge on any atom is -0.492 e. The molecular weight excluding hydrogens is 319 g/mol. The second-order valence-electron chi connectivity index (χ2n) is 5.20. The molecule has 0 fully saturated rings. The number of halogens is 1. The smallest absolute Gasteiger partial charge is 0.191 e. The molecule has 130 valence electrons. The lowest BCUT2D eigenvalue weighted by Gasteiger charge is -2.12. The van der Waals surface area contributed by atoms with Crippen molar-refractivity contribution in [3.05, 3.63) is 65.5 Å². The predicted molar refractivity (Wildman–Crippen MR) is 95.9 cm³/mol. The Morgan fingerprint density at radius 2 is 2.00 bits per heavy atom. The molecule has 0 atom stereocenters. The molecular formula is C19H21FN4O. The van der Waals surface area contributed by atoms with Crippen molar-refractivity contribution in [1.29, 1.82) is 5.26 Å². The molecule has 0 saturated heterocycles. The van der Waals surface area contributed by atoms with Gasteiger partial charge in [0.1, 0.15) is 18.2 Å². The molecule has 2 N–H and O–H groups in total. The molecule has 0 aliphatic carbocycles. The first-order chi connectivity index (χ1) is 12.2. The van der Waals surface area contributed by atoms with E-state index in [0.717, 1.165) is 5.75 Å². The van der Waals surface area contributed by atoms with Crippen molar-refractivity contribution in [3.8, 4) is 11.8 Å². The van der Waals surface area contributed by atoms with E-state index >= 15 is 0 Å². The second-order valence-corrected chi connectivity index (χ2v) is 5.20. The monoisotopic (exact) mass is 340 g/mol. The quantitative estimate of drug-likeness (QED) is 0.462. The third kappa shape index (κ3) is 6.15. The molecule has 5 nitrogen and oxygen atoms in total. The second kappa shape index (κ2) is 9.93. The van der Waals surface area contributed by atoms with Gasteiger partial charge in [-0.1, -0.05) is 18.2 Å². The molecule has 0 saturated carbocycles. The average molecular weight is 340 g/mol. The minimum absolute atomic E-state index is 0.149. The van der Waals surface area contributed by atoms with Crippen LogP contribution in [-0.2, 0) is 6.54 Å². The molecule has 0 amide bonds. The summed E-state index contributed by atoms with van der Waals surface area (Å²) in [6, 6.07) is 15.8. The van der Waals surface area contributed by atoms with Gasteiger partial charge in [-0.05, 0) is 37.3 Å². The van der Waals surface area contributed by atoms with Gasteiger partial charge in [0.2, 0.25) is 0 Å². The van der Waals surface area contributed by atoms with Crippen LogP contribution in [0.2, 0.25) is 0 Å². The first-order valence-electron chi connectivity index (χ1n) is 8.11. The molecule has 0 heterocycles. The van der Waals surface area contributed by atoms with Crippen LogP contribution in [0.5, 0.6) is 5.75 Å². The zero-order valence-electron chi connectivity index (χ0n) is 14.1. The van der Waals surface area contributed by atoms with Crippen molar-refractivity contribution in [2.45, 2.75) is 13.5 Å². The number of hydrogen-bond donors (Lipinski definition) is 2. The summed E-state index contributed by atoms with van der Waals surface area (Å²) in [4.78, 5) is 4.35. The summed E-state index contributed by atoms with van der Waals surface area (Å²) < 4.78 is 19.4. The standard InChI is InChI=1S/C19H21FN4O/c1-2-22-19(23-10-11-25-17-6-4-3-5-7-17)24-14-16-12-15(13-21)8-9-18(16)20/h3-9,12H,2,10-11,14H2,1H3,(H2,22,23,24). The van der Waals surface area contributed by atoms with E-state index in [2.05, 4.69) is 15.6 Å². The van der Waals surface area contributed by atoms with Crippen molar-refractivity contribution in [2.75, 3.05) is 19.7 Å². The topological polar surface area (TPSA) is 69.4 Å². The molecule has 0 unspecified atom stereocenters. The molecule has 0 aromatic heterocycles. The maximum atomic E-state index is 13.8. The first-order valence-corrected chi connectivity index (χ1v) is 8.11. The van der Waals surface area contributed by atoms with Crippen molar-refractivity contribution >= 4 is 5.96 Å². The van der Waals surface area contributed by atoms with E-state index in [1.54, 1.807) is 0 Å². The Morgan fingerprint density at radius 3 is 2.72 bits per heavy atom. The highest BCUT2D eigenvalue weighted by molar-refractivity contribution is 5.79. The number of benzene rings is 2. The van der Waals surface area contributed by atoms with Crippen molar-refractivity contribution in [1.82, 2.24) is 10.6 Å². The normalized spacial score (nSPS) is 10.8. The zero-order valence-corrected chi connectivity index (χ0v) is 14.1. The van der Waals surface area contributed by atoms with E-state index in [9.17, 15) is 4.39 Å². The third-order valence-corrected chi connectivity index (χ3v) is 3.33. The van der Waals surface area contributed by atoms with Gasteiger partial charge in [0.25, 0.3) is 0 Å². The van der Waals surface area contributed by atoms with Crippen LogP contribution in [0.3, 0.4) is 0 Å². The van der Waals surface area contributed by atoms with Crippen LogP contribution in [0.1, 0.15) is 18.1 Å². The molecule has 6 heteroatoms. The van der Waals surface area contributed by atoms with E-state index in [1.807, 2.05) is 43.3 Å². The maximum Gasteiger partial charge on any atom is 0.191 e. The minimum atomic E-state index is -0.369. The summed E-state index contributed by atoms with van der Waals surface area (Å²) in [5, 5.41) is 15.1. The Labute approximate surface area is 147 Å². The van der Waals surface area contributed by atoms with Gasteiger partial charge >= 0.3 is 0 Å². The van der Waals surface area contributed by atoms with Gasteiger partial charge in [-0.15, -0.1) is 0 Å². The fourth-order valence-electron chi connectivity index (χ4n) is 2.13. The SMILES string of the molecule is CCNC(=NCc1cc(C#N)ccc1F)NCCOc1ccccc1. The summed E-state index contributed by atoms with van der Waals surface area (Å²) in [5.74, 6) is 1.01. The van der Waals surface area contributed by atoms with E-state index in [0.29, 0.717) is 36.8 Å². The van der Waals surface area contributed by atoms with Gasteiger partial charge < -0.3 is 15.4 Å². The molecule has 0 spiro atoms. The first kappa shape index (κ1) is 18.3. The van der Waals surface area contributed by atoms with Gasteiger partial charge in [-0.25, -0.2) is 9.38 Å². The molecule has 0 aliphatic heterocycles. The molecule has 0 radical (unpaired) electrons. The lowest BCUT2D eigenvalue weighted by molar-refractivity contribution is 0.322. The molecule has 25 heavy (non-hydrogen) atoms. The van der Waals surface area contributed by atoms with Crippen molar-refractivity contribution < 1.29 is 9.13 Å². The van der Waals surface area contributed by atoms with Crippen LogP contribution in [0.15, 0.2) is 53.5 Å². The van der Waals surface area contributed by atoms with Crippen LogP contribution in [0.25, 0.3) is 0 Å². The summed E-state index contributed by atoms with van der Waals surface area (Å²) in [6.07, 6.45) is 0. The number of hydrogen-bond acceptors (Lipinski definition) is 3. The maximum absolute atomic E-state index is 13.8. The molecule has 0 bridgehead atoms. The number of rotatable bonds is 7. The molecule has 0 aliphatic rings. The van der Waals surface area contributed by atoms with Crippen LogP contribution in [0, 0.1) is 17.1 Å². The van der Waals surface area contributed by atoms with Gasteiger partial charge in [0.15, 0.2) is 5.96 Å². The van der Waals surface area contributed by atoms with Crippen LogP contribution in [0.4, 0.5) is 4.39 Å². The molecule has 2 rings (SSSR count). The Bertz CT molecular complexity index is 741. The van der Waals surface area contributed by atoms with E-state index in [1.165, 1.54) is 18.2 Å². The van der Waals surface area contributed by atoms with Gasteiger partial charge in [0.05, 0.1) is 24.7 Å². The lowest BCUT2D eigenvalue weighted by atomic mass is 10.1.